The first kappa shape index (κ1) is 24.4. The number of fused-ring (bicyclic) bond motifs is 1. The third-order valence-corrected chi connectivity index (χ3v) is 7.83. The second-order valence-corrected chi connectivity index (χ2v) is 10.2. The molecule has 1 aromatic carbocycles. The SMILES string of the molecule is CCCCC(N=C1NS(=O)(=O)c2ccccc21)C(=O)NCC(c1ccsc1)N(CC)CC. The lowest BCUT2D eigenvalue weighted by atomic mass is 10.1. The Kier molecular flexibility index (Phi) is 8.44. The van der Waals surface area contributed by atoms with E-state index in [0.717, 1.165) is 25.9 Å². The van der Waals surface area contributed by atoms with Crippen molar-refractivity contribution in [1.29, 1.82) is 0 Å². The van der Waals surface area contributed by atoms with Crippen molar-refractivity contribution in [2.75, 3.05) is 19.6 Å². The fourth-order valence-electron chi connectivity index (χ4n) is 3.94. The van der Waals surface area contributed by atoms with E-state index < -0.39 is 16.1 Å². The number of benzene rings is 1. The van der Waals surface area contributed by atoms with Gasteiger partial charge in [-0.3, -0.25) is 19.4 Å². The number of nitrogens with one attached hydrogen (secondary N) is 2. The van der Waals surface area contributed by atoms with Gasteiger partial charge < -0.3 is 5.32 Å². The molecule has 0 saturated heterocycles. The summed E-state index contributed by atoms with van der Waals surface area (Å²) in [6.45, 7) is 8.53. The van der Waals surface area contributed by atoms with Gasteiger partial charge in [0.1, 0.15) is 11.9 Å². The lowest BCUT2D eigenvalue weighted by molar-refractivity contribution is -0.122. The number of amides is 1. The molecule has 1 aromatic heterocycles. The van der Waals surface area contributed by atoms with Crippen LogP contribution in [0.1, 0.15) is 57.2 Å². The molecular weight excluding hydrogens is 444 g/mol. The minimum Gasteiger partial charge on any atom is -0.352 e. The fraction of sp³-hybridized carbons (Fsp3) is 0.478. The van der Waals surface area contributed by atoms with Gasteiger partial charge in [-0.05, 0) is 54.0 Å². The number of likely N-dealkylation sites (N-methyl/N-ethyl adjacent to an activating group) is 1. The molecule has 2 N–H and O–H groups in total. The van der Waals surface area contributed by atoms with Crippen LogP contribution in [-0.4, -0.2) is 50.7 Å². The molecular formula is C23H32N4O3S2. The quantitative estimate of drug-likeness (QED) is 0.519. The Labute approximate surface area is 195 Å². The van der Waals surface area contributed by atoms with Crippen LogP contribution in [0.25, 0.3) is 0 Å². The molecule has 2 atom stereocenters. The zero-order chi connectivity index (χ0) is 23.1. The fourth-order valence-corrected chi connectivity index (χ4v) is 5.89. The normalized spacial score (nSPS) is 17.7. The lowest BCUT2D eigenvalue weighted by Crippen LogP contribution is -2.41. The average Bonchev–Trinajstić information content (AvgIpc) is 3.40. The van der Waals surface area contributed by atoms with Crippen molar-refractivity contribution in [1.82, 2.24) is 14.9 Å². The van der Waals surface area contributed by atoms with E-state index in [9.17, 15) is 13.2 Å². The van der Waals surface area contributed by atoms with Crippen LogP contribution in [0.2, 0.25) is 0 Å². The molecule has 9 heteroatoms. The summed E-state index contributed by atoms with van der Waals surface area (Å²) in [6, 6.07) is 8.25. The zero-order valence-corrected chi connectivity index (χ0v) is 20.5. The Morgan fingerprint density at radius 2 is 1.94 bits per heavy atom. The van der Waals surface area contributed by atoms with Crippen molar-refractivity contribution in [3.05, 3.63) is 52.2 Å². The summed E-state index contributed by atoms with van der Waals surface area (Å²) in [5, 5.41) is 7.26. The lowest BCUT2D eigenvalue weighted by Gasteiger charge is -2.30. The Morgan fingerprint density at radius 3 is 2.59 bits per heavy atom. The predicted octanol–water partition coefficient (Wildman–Crippen LogP) is 3.54. The van der Waals surface area contributed by atoms with E-state index in [4.69, 9.17) is 0 Å². The standard InChI is InChI=1S/C23H32N4O3S2/c1-4-7-11-19(25-22-18-10-8-9-12-21(18)32(29,30)26-22)23(28)24-15-20(27(5-2)6-3)17-13-14-31-16-17/h8-10,12-14,16,19-20H,4-7,11,15H2,1-3H3,(H,24,28)(H,25,26). The average molecular weight is 477 g/mol. The second kappa shape index (κ2) is 11.1. The smallest absolute Gasteiger partial charge is 0.263 e. The van der Waals surface area contributed by atoms with Gasteiger partial charge in [-0.15, -0.1) is 0 Å². The molecule has 1 amide bonds. The van der Waals surface area contributed by atoms with E-state index in [1.807, 2.05) is 5.38 Å². The van der Waals surface area contributed by atoms with Crippen LogP contribution in [-0.2, 0) is 14.8 Å². The van der Waals surface area contributed by atoms with E-state index in [2.05, 4.69) is 52.1 Å². The van der Waals surface area contributed by atoms with Crippen LogP contribution in [0.15, 0.2) is 51.0 Å². The van der Waals surface area contributed by atoms with Crippen LogP contribution in [0, 0.1) is 0 Å². The summed E-state index contributed by atoms with van der Waals surface area (Å²) >= 11 is 1.65. The number of hydrogen-bond donors (Lipinski definition) is 2. The van der Waals surface area contributed by atoms with Crippen molar-refractivity contribution in [2.24, 2.45) is 4.99 Å². The molecule has 2 aromatic rings. The number of carbonyl (C=O) groups excluding carboxylic acids is 1. The van der Waals surface area contributed by atoms with Crippen LogP contribution in [0.3, 0.4) is 0 Å². The number of carbonyl (C=O) groups is 1. The summed E-state index contributed by atoms with van der Waals surface area (Å²) in [5.41, 5.74) is 1.70. The van der Waals surface area contributed by atoms with Crippen LogP contribution >= 0.6 is 11.3 Å². The largest absolute Gasteiger partial charge is 0.352 e. The topological polar surface area (TPSA) is 90.9 Å². The monoisotopic (exact) mass is 476 g/mol. The van der Waals surface area contributed by atoms with Gasteiger partial charge in [0.05, 0.1) is 10.9 Å². The van der Waals surface area contributed by atoms with Crippen molar-refractivity contribution >= 4 is 33.1 Å². The highest BCUT2D eigenvalue weighted by atomic mass is 32.2. The molecule has 0 radical (unpaired) electrons. The van der Waals surface area contributed by atoms with E-state index in [1.54, 1.807) is 35.6 Å². The molecule has 7 nitrogen and oxygen atoms in total. The summed E-state index contributed by atoms with van der Waals surface area (Å²) in [7, 11) is -3.64. The van der Waals surface area contributed by atoms with Crippen LogP contribution in [0.5, 0.6) is 0 Å². The first-order chi connectivity index (χ1) is 15.4. The molecule has 32 heavy (non-hydrogen) atoms. The number of sulfonamides is 1. The Bertz CT molecular complexity index is 1030. The summed E-state index contributed by atoms with van der Waals surface area (Å²) < 4.78 is 27.4. The first-order valence-corrected chi connectivity index (χ1v) is 13.6. The molecule has 0 spiro atoms. The maximum Gasteiger partial charge on any atom is 0.263 e. The van der Waals surface area contributed by atoms with Gasteiger partial charge in [0.25, 0.3) is 10.0 Å². The summed E-state index contributed by atoms with van der Waals surface area (Å²) in [5.74, 6) is 0.0666. The Morgan fingerprint density at radius 1 is 1.19 bits per heavy atom. The van der Waals surface area contributed by atoms with Gasteiger partial charge in [-0.2, -0.15) is 11.3 Å². The number of unbranched alkanes of at least 4 members (excludes halogenated alkanes) is 1. The highest BCUT2D eigenvalue weighted by Crippen LogP contribution is 2.24. The number of rotatable bonds is 11. The second-order valence-electron chi connectivity index (χ2n) is 7.78. The van der Waals surface area contributed by atoms with Crippen LogP contribution in [0.4, 0.5) is 0 Å². The van der Waals surface area contributed by atoms with E-state index in [1.165, 1.54) is 5.56 Å². The van der Waals surface area contributed by atoms with Crippen molar-refractivity contribution < 1.29 is 13.2 Å². The third kappa shape index (κ3) is 5.57. The molecule has 1 aliphatic heterocycles. The number of hydrogen-bond acceptors (Lipinski definition) is 6. The van der Waals surface area contributed by atoms with Crippen LogP contribution < -0.4 is 10.0 Å². The number of nitrogens with zero attached hydrogens (tertiary/aromatic N) is 2. The van der Waals surface area contributed by atoms with Crippen molar-refractivity contribution in [3.8, 4) is 0 Å². The van der Waals surface area contributed by atoms with Gasteiger partial charge in [0.2, 0.25) is 5.91 Å². The molecule has 3 rings (SSSR count). The molecule has 0 fully saturated rings. The van der Waals surface area contributed by atoms with Gasteiger partial charge >= 0.3 is 0 Å². The van der Waals surface area contributed by atoms with Crippen molar-refractivity contribution in [3.63, 3.8) is 0 Å². The number of aliphatic imine (C=N–C) groups is 1. The summed E-state index contributed by atoms with van der Waals surface area (Å²) in [4.78, 5) is 20.3. The molecule has 1 aliphatic rings. The highest BCUT2D eigenvalue weighted by molar-refractivity contribution is 7.90. The molecule has 2 heterocycles. The van der Waals surface area contributed by atoms with E-state index in [0.29, 0.717) is 18.5 Å². The van der Waals surface area contributed by atoms with Gasteiger partial charge in [0.15, 0.2) is 0 Å². The number of thiophene rings is 1. The van der Waals surface area contributed by atoms with E-state index >= 15 is 0 Å². The highest BCUT2D eigenvalue weighted by Gasteiger charge is 2.32. The molecule has 0 saturated carbocycles. The molecule has 174 valence electrons. The summed E-state index contributed by atoms with van der Waals surface area (Å²) in [6.07, 6.45) is 2.31. The first-order valence-electron chi connectivity index (χ1n) is 11.1. The van der Waals surface area contributed by atoms with Gasteiger partial charge in [-0.1, -0.05) is 45.7 Å². The maximum absolute atomic E-state index is 13.2. The molecule has 2 unspecified atom stereocenters. The third-order valence-electron chi connectivity index (χ3n) is 5.73. The Hall–Kier alpha value is -2.23. The minimum atomic E-state index is -3.64. The van der Waals surface area contributed by atoms with Gasteiger partial charge in [0, 0.05) is 12.1 Å². The number of amidine groups is 1. The zero-order valence-electron chi connectivity index (χ0n) is 18.9. The maximum atomic E-state index is 13.2. The van der Waals surface area contributed by atoms with Crippen molar-refractivity contribution in [2.45, 2.75) is 57.0 Å². The molecule has 0 aliphatic carbocycles. The Balaban J connectivity index is 1.80. The van der Waals surface area contributed by atoms with E-state index in [-0.39, 0.29) is 22.7 Å². The van der Waals surface area contributed by atoms with Gasteiger partial charge in [-0.25, -0.2) is 8.42 Å². The minimum absolute atomic E-state index is 0.0883. The predicted molar refractivity (Wildman–Crippen MR) is 130 cm³/mol. The molecule has 0 bridgehead atoms.